The number of carbonyl (C=O) groups is 1. The van der Waals surface area contributed by atoms with E-state index in [4.69, 9.17) is 16.6 Å². The second-order valence-electron chi connectivity index (χ2n) is 6.58. The lowest BCUT2D eigenvalue weighted by Gasteiger charge is -2.09. The Bertz CT molecular complexity index is 1450. The van der Waals surface area contributed by atoms with Crippen molar-refractivity contribution in [3.8, 4) is 11.5 Å². The Morgan fingerprint density at radius 2 is 1.77 bits per heavy atom. The molecule has 10 heteroatoms. The molecule has 0 spiro atoms. The number of carbonyl (C=O) groups excluding carboxylic acids is 1. The molecular weight excluding hydrogens is 437 g/mol. The van der Waals surface area contributed by atoms with Crippen LogP contribution < -0.4 is 10.6 Å². The highest BCUT2D eigenvalue weighted by Gasteiger charge is 2.12. The molecule has 3 aromatic carbocycles. The van der Waals surface area contributed by atoms with Crippen LogP contribution in [0.1, 0.15) is 10.4 Å². The summed E-state index contributed by atoms with van der Waals surface area (Å²) in [7, 11) is 0. The highest BCUT2D eigenvalue weighted by molar-refractivity contribution is 7.80. The molecule has 0 saturated heterocycles. The van der Waals surface area contributed by atoms with Crippen LogP contribution in [0.2, 0.25) is 0 Å². The molecule has 0 aliphatic rings. The van der Waals surface area contributed by atoms with Crippen molar-refractivity contribution >= 4 is 62.8 Å². The summed E-state index contributed by atoms with van der Waals surface area (Å²) in [5.74, 6) is -0.298. The maximum absolute atomic E-state index is 13.1. The average molecular weight is 449 g/mol. The first-order valence-corrected chi connectivity index (χ1v) is 10.2. The number of nitrogens with one attached hydrogen (secondary N) is 2. The summed E-state index contributed by atoms with van der Waals surface area (Å²) in [6.45, 7) is 0. The number of amides is 1. The number of fused-ring (bicyclic) bond motifs is 2. The number of oxazole rings is 1. The highest BCUT2D eigenvalue weighted by atomic mass is 32.1. The fourth-order valence-electron chi connectivity index (χ4n) is 2.98. The lowest BCUT2D eigenvalue weighted by molar-refractivity contribution is 0.0978. The fraction of sp³-hybridized carbons (Fsp3) is 0. The number of hydrogen-bond donors (Lipinski definition) is 2. The zero-order chi connectivity index (χ0) is 21.4. The second-order valence-corrected chi connectivity index (χ2v) is 7.52. The van der Waals surface area contributed by atoms with E-state index in [-0.39, 0.29) is 16.8 Å². The summed E-state index contributed by atoms with van der Waals surface area (Å²) in [5, 5.41) is 5.75. The Kier molecular flexibility index (Phi) is 4.85. The van der Waals surface area contributed by atoms with Crippen LogP contribution in [0.25, 0.3) is 33.6 Å². The van der Waals surface area contributed by atoms with Crippen molar-refractivity contribution in [1.82, 2.24) is 19.0 Å². The number of hydrogen-bond acceptors (Lipinski definition) is 7. The van der Waals surface area contributed by atoms with E-state index in [9.17, 15) is 9.18 Å². The van der Waals surface area contributed by atoms with Gasteiger partial charge >= 0.3 is 0 Å². The van der Waals surface area contributed by atoms with Crippen molar-refractivity contribution in [1.29, 1.82) is 0 Å². The monoisotopic (exact) mass is 449 g/mol. The van der Waals surface area contributed by atoms with Crippen molar-refractivity contribution in [2.75, 3.05) is 5.32 Å². The van der Waals surface area contributed by atoms with E-state index in [1.807, 2.05) is 0 Å². The van der Waals surface area contributed by atoms with Crippen LogP contribution in [0.3, 0.4) is 0 Å². The largest absolute Gasteiger partial charge is 0.436 e. The van der Waals surface area contributed by atoms with Gasteiger partial charge in [-0.25, -0.2) is 9.37 Å². The smallest absolute Gasteiger partial charge is 0.257 e. The number of nitrogens with zero attached hydrogens (tertiary/aromatic N) is 3. The Hall–Kier alpha value is -3.76. The van der Waals surface area contributed by atoms with Crippen LogP contribution in [0.5, 0.6) is 0 Å². The van der Waals surface area contributed by atoms with E-state index in [1.165, 1.54) is 12.1 Å². The van der Waals surface area contributed by atoms with Crippen molar-refractivity contribution in [2.45, 2.75) is 0 Å². The molecule has 0 aliphatic heterocycles. The first-order chi connectivity index (χ1) is 15.0. The molecule has 2 N–H and O–H groups in total. The van der Waals surface area contributed by atoms with E-state index >= 15 is 0 Å². The summed E-state index contributed by atoms with van der Waals surface area (Å²) in [4.78, 5) is 16.9. The van der Waals surface area contributed by atoms with Gasteiger partial charge in [-0.15, -0.1) is 0 Å². The first-order valence-electron chi connectivity index (χ1n) is 9.06. The standard InChI is InChI=1S/C21H12FN5O2S2/c22-13-4-1-11(2-5-13)20-24-17-10-14(6-8-18(17)29-20)23-21(30)25-19(28)12-3-7-15-16(9-12)27-31-26-15/h1-10H,(H2,23,25,28,30). The van der Waals surface area contributed by atoms with E-state index in [2.05, 4.69) is 24.4 Å². The predicted molar refractivity (Wildman–Crippen MR) is 121 cm³/mol. The number of aromatic nitrogens is 3. The van der Waals surface area contributed by atoms with Gasteiger partial charge < -0.3 is 9.73 Å². The quantitative estimate of drug-likeness (QED) is 0.384. The Morgan fingerprint density at radius 3 is 2.61 bits per heavy atom. The van der Waals surface area contributed by atoms with Crippen molar-refractivity contribution in [3.63, 3.8) is 0 Å². The van der Waals surface area contributed by atoms with Gasteiger partial charge in [-0.05, 0) is 72.9 Å². The third-order valence-electron chi connectivity index (χ3n) is 4.48. The molecule has 5 aromatic rings. The van der Waals surface area contributed by atoms with E-state index in [1.54, 1.807) is 48.5 Å². The average Bonchev–Trinajstić information content (AvgIpc) is 3.40. The van der Waals surface area contributed by atoms with Crippen LogP contribution in [0, 0.1) is 5.82 Å². The van der Waals surface area contributed by atoms with Crippen molar-refractivity contribution in [2.24, 2.45) is 0 Å². The van der Waals surface area contributed by atoms with Gasteiger partial charge in [0.2, 0.25) is 5.89 Å². The third-order valence-corrected chi connectivity index (χ3v) is 5.24. The maximum atomic E-state index is 13.1. The van der Waals surface area contributed by atoms with Gasteiger partial charge in [0.15, 0.2) is 10.7 Å². The van der Waals surface area contributed by atoms with E-state index < -0.39 is 0 Å². The Labute approximate surface area is 184 Å². The molecule has 7 nitrogen and oxygen atoms in total. The number of thiocarbonyl (C=S) groups is 1. The molecule has 152 valence electrons. The second kappa shape index (κ2) is 7.82. The molecule has 31 heavy (non-hydrogen) atoms. The van der Waals surface area contributed by atoms with Crippen LogP contribution in [0.15, 0.2) is 65.1 Å². The highest BCUT2D eigenvalue weighted by Crippen LogP contribution is 2.26. The van der Waals surface area contributed by atoms with Gasteiger partial charge in [0, 0.05) is 16.8 Å². The summed E-state index contributed by atoms with van der Waals surface area (Å²) in [6, 6.07) is 16.2. The third kappa shape index (κ3) is 3.98. The summed E-state index contributed by atoms with van der Waals surface area (Å²) in [6.07, 6.45) is 0. The molecule has 5 rings (SSSR count). The van der Waals surface area contributed by atoms with Gasteiger partial charge in [0.25, 0.3) is 5.91 Å². The van der Waals surface area contributed by atoms with Crippen molar-refractivity contribution in [3.05, 3.63) is 72.0 Å². The summed E-state index contributed by atoms with van der Waals surface area (Å²) in [5.41, 5.74) is 4.30. The van der Waals surface area contributed by atoms with Crippen molar-refractivity contribution < 1.29 is 13.6 Å². The normalized spacial score (nSPS) is 11.0. The van der Waals surface area contributed by atoms with E-state index in [0.29, 0.717) is 39.3 Å². The fourth-order valence-corrected chi connectivity index (χ4v) is 3.71. The Morgan fingerprint density at radius 1 is 0.968 bits per heavy atom. The SMILES string of the molecule is O=C(NC(=S)Nc1ccc2oc(-c3ccc(F)cc3)nc2c1)c1ccc2nsnc2c1. The lowest BCUT2D eigenvalue weighted by Crippen LogP contribution is -2.34. The van der Waals surface area contributed by atoms with Gasteiger partial charge in [-0.3, -0.25) is 10.1 Å². The number of anilines is 1. The molecule has 0 fully saturated rings. The number of benzene rings is 3. The zero-order valence-corrected chi connectivity index (χ0v) is 17.3. The molecule has 2 aromatic heterocycles. The molecule has 0 aliphatic carbocycles. The molecule has 0 atom stereocenters. The molecule has 0 radical (unpaired) electrons. The van der Waals surface area contributed by atoms with Crippen LogP contribution in [-0.4, -0.2) is 24.8 Å². The van der Waals surface area contributed by atoms with Gasteiger partial charge in [0.1, 0.15) is 22.4 Å². The van der Waals surface area contributed by atoms with Gasteiger partial charge in [-0.2, -0.15) is 8.75 Å². The zero-order valence-electron chi connectivity index (χ0n) is 15.6. The molecular formula is C21H12FN5O2S2. The minimum Gasteiger partial charge on any atom is -0.436 e. The minimum atomic E-state index is -0.353. The maximum Gasteiger partial charge on any atom is 0.257 e. The summed E-state index contributed by atoms with van der Waals surface area (Å²) >= 11 is 6.35. The summed E-state index contributed by atoms with van der Waals surface area (Å²) < 4.78 is 27.1. The minimum absolute atomic E-state index is 0.142. The number of rotatable bonds is 3. The van der Waals surface area contributed by atoms with E-state index in [0.717, 1.165) is 17.2 Å². The molecule has 1 amide bonds. The lowest BCUT2D eigenvalue weighted by atomic mass is 10.2. The van der Waals surface area contributed by atoms with Crippen LogP contribution in [0.4, 0.5) is 10.1 Å². The first kappa shape index (κ1) is 19.2. The molecule has 0 saturated carbocycles. The topological polar surface area (TPSA) is 92.9 Å². The van der Waals surface area contributed by atoms with Crippen LogP contribution >= 0.6 is 23.9 Å². The molecule has 2 heterocycles. The molecule has 0 bridgehead atoms. The van der Waals surface area contributed by atoms with Gasteiger partial charge in [0.05, 0.1) is 11.7 Å². The number of halogens is 1. The predicted octanol–water partition coefficient (Wildman–Crippen LogP) is 4.77. The Balaban J connectivity index is 1.30. The molecule has 0 unspecified atom stereocenters. The van der Waals surface area contributed by atoms with Crippen LogP contribution in [-0.2, 0) is 0 Å². The van der Waals surface area contributed by atoms with Gasteiger partial charge in [-0.1, -0.05) is 0 Å².